The monoisotopic (exact) mass is 298 g/mol. The van der Waals surface area contributed by atoms with Gasteiger partial charge in [-0.05, 0) is 42.6 Å². The smallest absolute Gasteiger partial charge is 0.0505 e. The van der Waals surface area contributed by atoms with Gasteiger partial charge in [-0.2, -0.15) is 11.8 Å². The first-order valence-corrected chi connectivity index (χ1v) is 9.84. The van der Waals surface area contributed by atoms with E-state index < -0.39 is 0 Å². The van der Waals surface area contributed by atoms with Gasteiger partial charge in [0.2, 0.25) is 0 Å². The van der Waals surface area contributed by atoms with E-state index >= 15 is 0 Å². The van der Waals surface area contributed by atoms with Gasteiger partial charge in [-0.1, -0.05) is 58.1 Å². The molecule has 0 amide bonds. The highest BCUT2D eigenvalue weighted by atomic mass is 32.2. The van der Waals surface area contributed by atoms with Crippen LogP contribution in [-0.4, -0.2) is 24.7 Å². The van der Waals surface area contributed by atoms with E-state index in [1.807, 2.05) is 0 Å². The molecule has 118 valence electrons. The third kappa shape index (κ3) is 8.36. The van der Waals surface area contributed by atoms with Crippen LogP contribution in [0.3, 0.4) is 0 Å². The molecule has 1 rings (SSSR count). The number of allylic oxidation sites excluding steroid dienone is 2. The van der Waals surface area contributed by atoms with Gasteiger partial charge in [-0.25, -0.2) is 0 Å². The lowest BCUT2D eigenvalue weighted by molar-refractivity contribution is 0.0893. The zero-order chi connectivity index (χ0) is 14.5. The zero-order valence-electron chi connectivity index (χ0n) is 13.6. The molecule has 0 aromatic heterocycles. The summed E-state index contributed by atoms with van der Waals surface area (Å²) < 4.78 is 5.90. The van der Waals surface area contributed by atoms with Crippen LogP contribution in [0.25, 0.3) is 0 Å². The molecule has 0 N–H and O–H groups in total. The van der Waals surface area contributed by atoms with Crippen LogP contribution >= 0.6 is 11.8 Å². The highest BCUT2D eigenvalue weighted by Crippen LogP contribution is 2.32. The maximum absolute atomic E-state index is 5.90. The summed E-state index contributed by atoms with van der Waals surface area (Å²) in [7, 11) is 0. The van der Waals surface area contributed by atoms with Crippen LogP contribution in [-0.2, 0) is 4.74 Å². The number of thioether (sulfide) groups is 1. The molecule has 20 heavy (non-hydrogen) atoms. The lowest BCUT2D eigenvalue weighted by Gasteiger charge is -2.17. The number of ether oxygens (including phenoxy) is 1. The lowest BCUT2D eigenvalue weighted by Crippen LogP contribution is -2.18. The normalized spacial score (nSPS) is 22.9. The molecule has 0 unspecified atom stereocenters. The second kappa shape index (κ2) is 12.8. The molecule has 1 heterocycles. The largest absolute Gasteiger partial charge is 0.381 e. The van der Waals surface area contributed by atoms with Crippen molar-refractivity contribution in [2.24, 2.45) is 11.8 Å². The molecule has 0 saturated carbocycles. The first-order chi connectivity index (χ1) is 9.88. The summed E-state index contributed by atoms with van der Waals surface area (Å²) in [5, 5.41) is 0. The lowest BCUT2D eigenvalue weighted by atomic mass is 9.93. The van der Waals surface area contributed by atoms with Crippen molar-refractivity contribution in [2.45, 2.75) is 65.2 Å². The molecule has 0 aromatic carbocycles. The van der Waals surface area contributed by atoms with Gasteiger partial charge in [0.25, 0.3) is 0 Å². The number of rotatable bonds is 12. The summed E-state index contributed by atoms with van der Waals surface area (Å²) in [5.74, 6) is 4.29. The molecular weight excluding hydrogens is 264 g/mol. The van der Waals surface area contributed by atoms with Crippen molar-refractivity contribution in [1.82, 2.24) is 0 Å². The van der Waals surface area contributed by atoms with Crippen molar-refractivity contribution in [3.63, 3.8) is 0 Å². The summed E-state index contributed by atoms with van der Waals surface area (Å²) in [6.07, 6.45) is 15.2. The summed E-state index contributed by atoms with van der Waals surface area (Å²) in [6, 6.07) is 0. The van der Waals surface area contributed by atoms with E-state index in [0.717, 1.165) is 25.0 Å². The molecular formula is C18H34OS. The molecule has 0 bridgehead atoms. The minimum absolute atomic E-state index is 0.794. The van der Waals surface area contributed by atoms with E-state index in [9.17, 15) is 0 Å². The third-order valence-corrected chi connectivity index (χ3v) is 5.46. The molecule has 0 aliphatic carbocycles. The van der Waals surface area contributed by atoms with Crippen LogP contribution in [0.2, 0.25) is 0 Å². The number of hydrogen-bond acceptors (Lipinski definition) is 2. The fourth-order valence-corrected chi connectivity index (χ4v) is 4.18. The predicted octanol–water partition coefficient (Wildman–Crippen LogP) is 5.70. The van der Waals surface area contributed by atoms with Crippen LogP contribution in [0.5, 0.6) is 0 Å². The Morgan fingerprint density at radius 3 is 2.55 bits per heavy atom. The first-order valence-electron chi connectivity index (χ1n) is 8.69. The molecule has 2 atom stereocenters. The van der Waals surface area contributed by atoms with E-state index in [1.54, 1.807) is 0 Å². The second-order valence-corrected chi connectivity index (χ2v) is 7.12. The fraction of sp³-hybridized carbons (Fsp3) is 0.889. The molecule has 0 radical (unpaired) electrons. The van der Waals surface area contributed by atoms with Crippen LogP contribution in [0.4, 0.5) is 0 Å². The maximum Gasteiger partial charge on any atom is 0.0505 e. The van der Waals surface area contributed by atoms with Crippen molar-refractivity contribution in [1.29, 1.82) is 0 Å². The van der Waals surface area contributed by atoms with Crippen LogP contribution in [0, 0.1) is 11.8 Å². The Kier molecular flexibility index (Phi) is 11.6. The van der Waals surface area contributed by atoms with E-state index in [0.29, 0.717) is 0 Å². The van der Waals surface area contributed by atoms with E-state index in [2.05, 4.69) is 37.8 Å². The van der Waals surface area contributed by atoms with Gasteiger partial charge < -0.3 is 4.74 Å². The van der Waals surface area contributed by atoms with Gasteiger partial charge in [-0.3, -0.25) is 0 Å². The second-order valence-electron chi connectivity index (χ2n) is 6.04. The van der Waals surface area contributed by atoms with Crippen molar-refractivity contribution < 1.29 is 4.74 Å². The van der Waals surface area contributed by atoms with Crippen molar-refractivity contribution in [2.75, 3.05) is 24.7 Å². The molecule has 1 aliphatic rings. The van der Waals surface area contributed by atoms with Gasteiger partial charge in [0.15, 0.2) is 0 Å². The Morgan fingerprint density at radius 2 is 1.75 bits per heavy atom. The Balaban J connectivity index is 2.06. The SMILES string of the molecule is CCCCC=CC[C@@H]1CSC[C@H]1COCCCCCC. The van der Waals surface area contributed by atoms with Crippen molar-refractivity contribution in [3.05, 3.63) is 12.2 Å². The van der Waals surface area contributed by atoms with Crippen molar-refractivity contribution >= 4 is 11.8 Å². The third-order valence-electron chi connectivity index (χ3n) is 4.13. The molecule has 1 nitrogen and oxygen atoms in total. The summed E-state index contributed by atoms with van der Waals surface area (Å²) in [6.45, 7) is 6.48. The number of hydrogen-bond donors (Lipinski definition) is 0. The molecule has 0 aromatic rings. The van der Waals surface area contributed by atoms with Gasteiger partial charge in [0, 0.05) is 6.61 Å². The maximum atomic E-state index is 5.90. The highest BCUT2D eigenvalue weighted by Gasteiger charge is 2.26. The summed E-state index contributed by atoms with van der Waals surface area (Å²) in [4.78, 5) is 0. The highest BCUT2D eigenvalue weighted by molar-refractivity contribution is 7.99. The van der Waals surface area contributed by atoms with Gasteiger partial charge in [0.1, 0.15) is 0 Å². The topological polar surface area (TPSA) is 9.23 Å². The van der Waals surface area contributed by atoms with E-state index in [4.69, 9.17) is 4.74 Å². The van der Waals surface area contributed by atoms with Gasteiger partial charge in [0.05, 0.1) is 6.61 Å². The molecule has 1 saturated heterocycles. The van der Waals surface area contributed by atoms with Crippen LogP contribution in [0.15, 0.2) is 12.2 Å². The summed E-state index contributed by atoms with van der Waals surface area (Å²) >= 11 is 2.12. The Bertz CT molecular complexity index is 240. The van der Waals surface area contributed by atoms with Gasteiger partial charge >= 0.3 is 0 Å². The van der Waals surface area contributed by atoms with Crippen LogP contribution in [0.1, 0.15) is 65.2 Å². The van der Waals surface area contributed by atoms with E-state index in [1.165, 1.54) is 62.9 Å². The quantitative estimate of drug-likeness (QED) is 0.338. The average Bonchev–Trinajstić information content (AvgIpc) is 2.90. The fourth-order valence-electron chi connectivity index (χ4n) is 2.66. The predicted molar refractivity (Wildman–Crippen MR) is 92.5 cm³/mol. The minimum atomic E-state index is 0.794. The zero-order valence-corrected chi connectivity index (χ0v) is 14.4. The molecule has 0 spiro atoms. The first kappa shape index (κ1) is 18.1. The summed E-state index contributed by atoms with van der Waals surface area (Å²) in [5.41, 5.74) is 0. The van der Waals surface area contributed by atoms with E-state index in [-0.39, 0.29) is 0 Å². The number of unbranched alkanes of at least 4 members (excludes halogenated alkanes) is 5. The Morgan fingerprint density at radius 1 is 0.950 bits per heavy atom. The van der Waals surface area contributed by atoms with Gasteiger partial charge in [-0.15, -0.1) is 0 Å². The standard InChI is InChI=1S/C18H34OS/c1-3-5-7-9-10-12-17-15-20-16-18(17)14-19-13-11-8-6-4-2/h9-10,17-18H,3-8,11-16H2,1-2H3/t17-,18-/m1/s1. The van der Waals surface area contributed by atoms with Crippen molar-refractivity contribution in [3.8, 4) is 0 Å². The Hall–Kier alpha value is 0.0500. The molecule has 1 fully saturated rings. The molecule has 2 heteroatoms. The average molecular weight is 299 g/mol. The molecule has 1 aliphatic heterocycles. The Labute approximate surface area is 130 Å². The van der Waals surface area contributed by atoms with Crippen LogP contribution < -0.4 is 0 Å². The minimum Gasteiger partial charge on any atom is -0.381 e.